The third kappa shape index (κ3) is 3.83. The second-order valence-electron chi connectivity index (χ2n) is 5.83. The second kappa shape index (κ2) is 8.17. The first-order valence-corrected chi connectivity index (χ1v) is 8.31. The number of benzene rings is 3. The fourth-order valence-corrected chi connectivity index (χ4v) is 2.74. The number of hydrogen-bond donors (Lipinski definition) is 0. The summed E-state index contributed by atoms with van der Waals surface area (Å²) in [7, 11) is 1.59. The van der Waals surface area contributed by atoms with Crippen LogP contribution < -0.4 is 9.47 Å². The number of carbonyl (C=O) groups excluding carboxylic acids is 1. The fraction of sp³-hybridized carbons (Fsp3) is 0.0870. The van der Waals surface area contributed by atoms with E-state index in [4.69, 9.17) is 9.47 Å². The molecule has 0 spiro atoms. The molecule has 0 atom stereocenters. The van der Waals surface area contributed by atoms with Crippen LogP contribution in [0.3, 0.4) is 0 Å². The van der Waals surface area contributed by atoms with Crippen molar-refractivity contribution in [3.05, 3.63) is 90.5 Å². The summed E-state index contributed by atoms with van der Waals surface area (Å²) in [5.41, 5.74) is 4.19. The van der Waals surface area contributed by atoms with E-state index in [0.717, 1.165) is 28.5 Å². The molecule has 0 aliphatic carbocycles. The molecule has 0 saturated carbocycles. The van der Waals surface area contributed by atoms with Crippen molar-refractivity contribution >= 4 is 11.9 Å². The molecular formula is C23H20O3. The topological polar surface area (TPSA) is 35.5 Å². The summed E-state index contributed by atoms with van der Waals surface area (Å²) >= 11 is 0. The molecule has 3 heteroatoms. The summed E-state index contributed by atoms with van der Waals surface area (Å²) in [6.07, 6.45) is 0.834. The Morgan fingerprint density at radius 1 is 0.962 bits per heavy atom. The summed E-state index contributed by atoms with van der Waals surface area (Å²) in [5, 5.41) is 0. The zero-order valence-electron chi connectivity index (χ0n) is 14.6. The second-order valence-corrected chi connectivity index (χ2v) is 5.83. The Hall–Kier alpha value is -3.33. The van der Waals surface area contributed by atoms with Crippen LogP contribution in [0.15, 0.2) is 79.4 Å². The van der Waals surface area contributed by atoms with E-state index in [1.807, 2.05) is 66.7 Å². The van der Waals surface area contributed by atoms with Gasteiger partial charge in [0.25, 0.3) is 0 Å². The Labute approximate surface area is 153 Å². The lowest BCUT2D eigenvalue weighted by atomic mass is 9.99. The lowest BCUT2D eigenvalue weighted by Gasteiger charge is -2.15. The monoisotopic (exact) mass is 344 g/mol. The van der Waals surface area contributed by atoms with E-state index < -0.39 is 0 Å². The van der Waals surface area contributed by atoms with Gasteiger partial charge in [0.1, 0.15) is 6.61 Å². The molecule has 0 amide bonds. The summed E-state index contributed by atoms with van der Waals surface area (Å²) in [6, 6.07) is 23.1. The van der Waals surface area contributed by atoms with Gasteiger partial charge < -0.3 is 9.47 Å². The van der Waals surface area contributed by atoms with E-state index >= 15 is 0 Å². The molecule has 0 N–H and O–H groups in total. The van der Waals surface area contributed by atoms with Crippen LogP contribution in [-0.2, 0) is 0 Å². The van der Waals surface area contributed by atoms with E-state index in [1.54, 1.807) is 13.2 Å². The first-order valence-electron chi connectivity index (χ1n) is 8.31. The van der Waals surface area contributed by atoms with Crippen LogP contribution in [0.25, 0.3) is 16.7 Å². The van der Waals surface area contributed by atoms with Crippen LogP contribution in [-0.4, -0.2) is 20.0 Å². The Morgan fingerprint density at radius 2 is 1.62 bits per heavy atom. The molecule has 0 saturated heterocycles. The quantitative estimate of drug-likeness (QED) is 0.548. The number of hydrogen-bond acceptors (Lipinski definition) is 3. The molecular weight excluding hydrogens is 324 g/mol. The summed E-state index contributed by atoms with van der Waals surface area (Å²) < 4.78 is 11.4. The smallest absolute Gasteiger partial charge is 0.162 e. The maximum Gasteiger partial charge on any atom is 0.162 e. The minimum Gasteiger partial charge on any atom is -0.493 e. The Bertz CT molecular complexity index is 899. The van der Waals surface area contributed by atoms with Crippen LogP contribution >= 0.6 is 0 Å². The zero-order chi connectivity index (χ0) is 18.4. The third-order valence-corrected chi connectivity index (χ3v) is 4.13. The highest BCUT2D eigenvalue weighted by atomic mass is 16.5. The van der Waals surface area contributed by atoms with Gasteiger partial charge in [0, 0.05) is 5.56 Å². The molecule has 0 unspecified atom stereocenters. The van der Waals surface area contributed by atoms with Gasteiger partial charge in [-0.2, -0.15) is 0 Å². The van der Waals surface area contributed by atoms with E-state index in [0.29, 0.717) is 23.7 Å². The van der Waals surface area contributed by atoms with Crippen LogP contribution in [0.4, 0.5) is 0 Å². The lowest BCUT2D eigenvalue weighted by Crippen LogP contribution is -2.03. The van der Waals surface area contributed by atoms with Gasteiger partial charge in [-0.3, -0.25) is 4.79 Å². The first-order chi connectivity index (χ1) is 12.7. The van der Waals surface area contributed by atoms with E-state index in [9.17, 15) is 4.79 Å². The molecule has 0 bridgehead atoms. The van der Waals surface area contributed by atoms with Gasteiger partial charge >= 0.3 is 0 Å². The third-order valence-electron chi connectivity index (χ3n) is 4.13. The highest BCUT2D eigenvalue weighted by Crippen LogP contribution is 2.35. The predicted octanol–water partition coefficient (Wildman–Crippen LogP) is 5.27. The molecule has 0 heterocycles. The van der Waals surface area contributed by atoms with Crippen molar-refractivity contribution < 1.29 is 14.3 Å². The van der Waals surface area contributed by atoms with Gasteiger partial charge in [-0.1, -0.05) is 67.2 Å². The summed E-state index contributed by atoms with van der Waals surface area (Å²) in [5.74, 6) is 1.10. The molecule has 130 valence electrons. The van der Waals surface area contributed by atoms with Crippen LogP contribution in [0, 0.1) is 0 Å². The molecule has 0 aliphatic rings. The van der Waals surface area contributed by atoms with Gasteiger partial charge in [-0.15, -0.1) is 0 Å². The van der Waals surface area contributed by atoms with Crippen molar-refractivity contribution in [3.8, 4) is 22.6 Å². The maximum absolute atomic E-state index is 11.6. The van der Waals surface area contributed by atoms with Gasteiger partial charge in [-0.05, 0) is 34.4 Å². The normalized spacial score (nSPS) is 10.2. The average Bonchev–Trinajstić information content (AvgIpc) is 2.72. The Kier molecular flexibility index (Phi) is 5.49. The summed E-state index contributed by atoms with van der Waals surface area (Å²) in [4.78, 5) is 11.6. The van der Waals surface area contributed by atoms with Gasteiger partial charge in [0.2, 0.25) is 0 Å². The number of methoxy groups -OCH3 is 1. The molecule has 0 radical (unpaired) electrons. The maximum atomic E-state index is 11.6. The average molecular weight is 344 g/mol. The molecule has 3 rings (SSSR count). The molecule has 26 heavy (non-hydrogen) atoms. The Balaban J connectivity index is 1.88. The molecule has 0 aliphatic heterocycles. The van der Waals surface area contributed by atoms with E-state index in [2.05, 4.69) is 6.58 Å². The van der Waals surface area contributed by atoms with Gasteiger partial charge in [-0.25, -0.2) is 0 Å². The van der Waals surface area contributed by atoms with Gasteiger partial charge in [0.15, 0.2) is 17.8 Å². The van der Waals surface area contributed by atoms with E-state index in [-0.39, 0.29) is 0 Å². The van der Waals surface area contributed by atoms with Crippen molar-refractivity contribution in [1.29, 1.82) is 0 Å². The summed E-state index contributed by atoms with van der Waals surface area (Å²) in [6.45, 7) is 4.38. The van der Waals surface area contributed by atoms with Crippen molar-refractivity contribution in [3.63, 3.8) is 0 Å². The van der Waals surface area contributed by atoms with Crippen molar-refractivity contribution in [2.75, 3.05) is 13.7 Å². The van der Waals surface area contributed by atoms with Crippen LogP contribution in [0.2, 0.25) is 0 Å². The fourth-order valence-electron chi connectivity index (χ4n) is 2.74. The molecule has 3 nitrogen and oxygen atoms in total. The van der Waals surface area contributed by atoms with Gasteiger partial charge in [0.05, 0.1) is 7.11 Å². The number of aldehydes is 1. The standard InChI is InChI=1S/C23H20O3/c1-17(18-9-5-3-6-10-18)16-26-23-13-20(15-24)21(14-22(23)25-2)19-11-7-4-8-12-19/h3-15H,1,16H2,2H3. The molecule has 0 fully saturated rings. The van der Waals surface area contributed by atoms with Crippen LogP contribution in [0.5, 0.6) is 11.5 Å². The number of ether oxygens (including phenoxy) is 2. The number of rotatable bonds is 7. The van der Waals surface area contributed by atoms with Crippen molar-refractivity contribution in [1.82, 2.24) is 0 Å². The van der Waals surface area contributed by atoms with Crippen LogP contribution in [0.1, 0.15) is 15.9 Å². The zero-order valence-corrected chi connectivity index (χ0v) is 14.6. The highest BCUT2D eigenvalue weighted by Gasteiger charge is 2.13. The van der Waals surface area contributed by atoms with Crippen molar-refractivity contribution in [2.45, 2.75) is 0 Å². The number of carbonyl (C=O) groups is 1. The molecule has 3 aromatic carbocycles. The lowest BCUT2D eigenvalue weighted by molar-refractivity contribution is 0.112. The highest BCUT2D eigenvalue weighted by molar-refractivity contribution is 5.89. The molecule has 3 aromatic rings. The predicted molar refractivity (Wildman–Crippen MR) is 105 cm³/mol. The van der Waals surface area contributed by atoms with E-state index in [1.165, 1.54) is 0 Å². The minimum absolute atomic E-state index is 0.309. The Morgan fingerprint density at radius 3 is 2.23 bits per heavy atom. The first kappa shape index (κ1) is 17.5. The molecule has 0 aromatic heterocycles. The minimum atomic E-state index is 0.309. The van der Waals surface area contributed by atoms with Crippen molar-refractivity contribution in [2.24, 2.45) is 0 Å². The largest absolute Gasteiger partial charge is 0.493 e. The SMILES string of the molecule is C=C(COc1cc(C=O)c(-c2ccccc2)cc1OC)c1ccccc1.